The molecule has 1 aliphatic heterocycles. The number of nitrogens with one attached hydrogen (secondary N) is 1. The van der Waals surface area contributed by atoms with Crippen LogP contribution in [0, 0.1) is 16.0 Å². The SMILES string of the molecule is O=[N+]([O-])c1ccccc1N(CC1CC1)CC1CCCN1. The first-order valence-corrected chi connectivity index (χ1v) is 7.46. The van der Waals surface area contributed by atoms with E-state index in [0.717, 1.165) is 31.2 Å². The number of hydrogen-bond acceptors (Lipinski definition) is 4. The molecule has 1 saturated heterocycles. The first-order chi connectivity index (χ1) is 9.74. The van der Waals surface area contributed by atoms with E-state index in [4.69, 9.17) is 0 Å². The third-order valence-corrected chi connectivity index (χ3v) is 4.20. The van der Waals surface area contributed by atoms with Gasteiger partial charge in [0.25, 0.3) is 5.69 Å². The van der Waals surface area contributed by atoms with Gasteiger partial charge in [0.05, 0.1) is 4.92 Å². The zero-order chi connectivity index (χ0) is 13.9. The fourth-order valence-corrected chi connectivity index (χ4v) is 2.95. The highest BCUT2D eigenvalue weighted by atomic mass is 16.6. The average molecular weight is 275 g/mol. The van der Waals surface area contributed by atoms with Crippen molar-refractivity contribution in [3.05, 3.63) is 34.4 Å². The maximum atomic E-state index is 11.2. The molecule has 1 aromatic carbocycles. The van der Waals surface area contributed by atoms with Crippen molar-refractivity contribution in [1.29, 1.82) is 0 Å². The summed E-state index contributed by atoms with van der Waals surface area (Å²) in [6.45, 7) is 2.89. The fraction of sp³-hybridized carbons (Fsp3) is 0.600. The van der Waals surface area contributed by atoms with Gasteiger partial charge in [-0.1, -0.05) is 12.1 Å². The molecule has 1 atom stereocenters. The maximum Gasteiger partial charge on any atom is 0.292 e. The van der Waals surface area contributed by atoms with Gasteiger partial charge in [-0.15, -0.1) is 0 Å². The molecule has 1 aliphatic carbocycles. The summed E-state index contributed by atoms with van der Waals surface area (Å²) >= 11 is 0. The summed E-state index contributed by atoms with van der Waals surface area (Å²) in [6, 6.07) is 7.59. The molecule has 5 heteroatoms. The predicted molar refractivity (Wildman–Crippen MR) is 79.1 cm³/mol. The summed E-state index contributed by atoms with van der Waals surface area (Å²) in [7, 11) is 0. The number of benzene rings is 1. The quantitative estimate of drug-likeness (QED) is 0.640. The van der Waals surface area contributed by atoms with Crippen LogP contribution in [0.5, 0.6) is 0 Å². The second-order valence-electron chi connectivity index (χ2n) is 5.89. The van der Waals surface area contributed by atoms with E-state index in [1.807, 2.05) is 12.1 Å². The van der Waals surface area contributed by atoms with Crippen molar-refractivity contribution < 1.29 is 4.92 Å². The third-order valence-electron chi connectivity index (χ3n) is 4.20. The first-order valence-electron chi connectivity index (χ1n) is 7.46. The molecule has 0 aromatic heterocycles. The first kappa shape index (κ1) is 13.4. The number of nitro groups is 1. The van der Waals surface area contributed by atoms with Crippen LogP contribution in [0.1, 0.15) is 25.7 Å². The Morgan fingerprint density at radius 2 is 2.05 bits per heavy atom. The Bertz CT molecular complexity index is 482. The molecule has 2 fully saturated rings. The monoisotopic (exact) mass is 275 g/mol. The van der Waals surface area contributed by atoms with Crippen molar-refractivity contribution in [1.82, 2.24) is 5.32 Å². The van der Waals surface area contributed by atoms with Crippen LogP contribution in [-0.2, 0) is 0 Å². The summed E-state index contributed by atoms with van der Waals surface area (Å²) in [4.78, 5) is 13.2. The number of nitro benzene ring substituents is 1. The molecule has 1 saturated carbocycles. The van der Waals surface area contributed by atoms with Crippen LogP contribution in [0.4, 0.5) is 11.4 Å². The zero-order valence-corrected chi connectivity index (χ0v) is 11.6. The lowest BCUT2D eigenvalue weighted by molar-refractivity contribution is -0.384. The van der Waals surface area contributed by atoms with Crippen molar-refractivity contribution in [2.24, 2.45) is 5.92 Å². The van der Waals surface area contributed by atoms with Crippen molar-refractivity contribution in [2.45, 2.75) is 31.7 Å². The lowest BCUT2D eigenvalue weighted by Gasteiger charge is -2.27. The zero-order valence-electron chi connectivity index (χ0n) is 11.6. The molecule has 3 rings (SSSR count). The molecule has 0 bridgehead atoms. The van der Waals surface area contributed by atoms with E-state index in [0.29, 0.717) is 6.04 Å². The lowest BCUT2D eigenvalue weighted by Crippen LogP contribution is -2.39. The second-order valence-corrected chi connectivity index (χ2v) is 5.89. The Labute approximate surface area is 119 Å². The molecule has 0 spiro atoms. The molecule has 5 nitrogen and oxygen atoms in total. The summed E-state index contributed by atoms with van der Waals surface area (Å²) in [5, 5.41) is 14.7. The molecule has 20 heavy (non-hydrogen) atoms. The minimum atomic E-state index is -0.267. The van der Waals surface area contributed by atoms with Gasteiger partial charge in [-0.2, -0.15) is 0 Å². The smallest absolute Gasteiger partial charge is 0.292 e. The molecule has 2 aliphatic rings. The van der Waals surface area contributed by atoms with Gasteiger partial charge in [-0.25, -0.2) is 0 Å². The highest BCUT2D eigenvalue weighted by molar-refractivity contribution is 5.63. The number of rotatable bonds is 6. The Morgan fingerprint density at radius 1 is 1.25 bits per heavy atom. The van der Waals surface area contributed by atoms with Crippen LogP contribution in [0.15, 0.2) is 24.3 Å². The number of anilines is 1. The fourth-order valence-electron chi connectivity index (χ4n) is 2.95. The molecule has 0 radical (unpaired) electrons. The van der Waals surface area contributed by atoms with Gasteiger partial charge in [-0.05, 0) is 44.2 Å². The minimum absolute atomic E-state index is 0.228. The van der Waals surface area contributed by atoms with Gasteiger partial charge >= 0.3 is 0 Å². The minimum Gasteiger partial charge on any atom is -0.364 e. The second kappa shape index (κ2) is 5.79. The molecule has 1 N–H and O–H groups in total. The lowest BCUT2D eigenvalue weighted by atomic mass is 10.1. The van der Waals surface area contributed by atoms with Crippen LogP contribution in [0.25, 0.3) is 0 Å². The molecule has 0 amide bonds. The summed E-state index contributed by atoms with van der Waals surface area (Å²) < 4.78 is 0. The van der Waals surface area contributed by atoms with Gasteiger partial charge in [0.1, 0.15) is 5.69 Å². The highest BCUT2D eigenvalue weighted by Crippen LogP contribution is 2.35. The Kier molecular flexibility index (Phi) is 3.87. The van der Waals surface area contributed by atoms with Crippen LogP contribution in [0.3, 0.4) is 0 Å². The number of para-hydroxylation sites is 2. The van der Waals surface area contributed by atoms with E-state index in [1.165, 1.54) is 25.7 Å². The van der Waals surface area contributed by atoms with Crippen molar-refractivity contribution in [3.8, 4) is 0 Å². The molecule has 1 heterocycles. The topological polar surface area (TPSA) is 58.4 Å². The van der Waals surface area contributed by atoms with Gasteiger partial charge in [-0.3, -0.25) is 10.1 Å². The van der Waals surface area contributed by atoms with Gasteiger partial charge in [0.2, 0.25) is 0 Å². The summed E-state index contributed by atoms with van der Waals surface area (Å²) in [6.07, 6.45) is 4.89. The van der Waals surface area contributed by atoms with Crippen LogP contribution >= 0.6 is 0 Å². The third kappa shape index (κ3) is 3.10. The Balaban J connectivity index is 1.81. The van der Waals surface area contributed by atoms with Crippen LogP contribution in [-0.4, -0.2) is 30.6 Å². The molecule has 108 valence electrons. The molecule has 1 unspecified atom stereocenters. The average Bonchev–Trinajstić information content (AvgIpc) is 3.12. The van der Waals surface area contributed by atoms with Gasteiger partial charge in [0, 0.05) is 25.2 Å². The van der Waals surface area contributed by atoms with Gasteiger partial charge in [0.15, 0.2) is 0 Å². The Morgan fingerprint density at radius 3 is 2.70 bits per heavy atom. The number of hydrogen-bond donors (Lipinski definition) is 1. The van der Waals surface area contributed by atoms with Crippen molar-refractivity contribution in [3.63, 3.8) is 0 Å². The summed E-state index contributed by atoms with van der Waals surface area (Å²) in [5.41, 5.74) is 1.00. The predicted octanol–water partition coefficient (Wildman–Crippen LogP) is 2.56. The molecular weight excluding hydrogens is 254 g/mol. The van der Waals surface area contributed by atoms with Crippen LogP contribution in [0.2, 0.25) is 0 Å². The maximum absolute atomic E-state index is 11.2. The molecular formula is C15H21N3O2. The molecule has 1 aromatic rings. The van der Waals surface area contributed by atoms with Crippen molar-refractivity contribution in [2.75, 3.05) is 24.5 Å². The van der Waals surface area contributed by atoms with Crippen LogP contribution < -0.4 is 10.2 Å². The summed E-state index contributed by atoms with van der Waals surface area (Å²) in [5.74, 6) is 0.719. The number of nitrogens with zero attached hydrogens (tertiary/aromatic N) is 2. The van der Waals surface area contributed by atoms with E-state index >= 15 is 0 Å². The van der Waals surface area contributed by atoms with Gasteiger partial charge < -0.3 is 10.2 Å². The largest absolute Gasteiger partial charge is 0.364 e. The van der Waals surface area contributed by atoms with E-state index in [9.17, 15) is 10.1 Å². The highest BCUT2D eigenvalue weighted by Gasteiger charge is 2.29. The van der Waals surface area contributed by atoms with E-state index in [-0.39, 0.29) is 10.6 Å². The standard InChI is InChI=1S/C15H21N3O2/c19-18(20)15-6-2-1-5-14(15)17(10-12-7-8-12)11-13-4-3-9-16-13/h1-2,5-6,12-13,16H,3-4,7-11H2. The van der Waals surface area contributed by atoms with E-state index in [2.05, 4.69) is 10.2 Å². The Hall–Kier alpha value is -1.62. The van der Waals surface area contributed by atoms with E-state index in [1.54, 1.807) is 12.1 Å². The van der Waals surface area contributed by atoms with Crippen molar-refractivity contribution >= 4 is 11.4 Å². The normalized spacial score (nSPS) is 21.9. The van der Waals surface area contributed by atoms with E-state index < -0.39 is 0 Å².